The van der Waals surface area contributed by atoms with Gasteiger partial charge in [-0.3, -0.25) is 9.59 Å². The van der Waals surface area contributed by atoms with Gasteiger partial charge in [-0.15, -0.1) is 0 Å². The van der Waals surface area contributed by atoms with Crippen LogP contribution < -0.4 is 16.8 Å². The van der Waals surface area contributed by atoms with Gasteiger partial charge in [0.15, 0.2) is 0 Å². The van der Waals surface area contributed by atoms with Crippen LogP contribution in [0.25, 0.3) is 0 Å². The lowest BCUT2D eigenvalue weighted by Gasteiger charge is -2.25. The molecular weight excluding hydrogens is 254 g/mol. The Bertz CT molecular complexity index is 494. The van der Waals surface area contributed by atoms with Gasteiger partial charge in [-0.25, -0.2) is 0 Å². The maximum Gasteiger partial charge on any atom is 0.248 e. The third-order valence-corrected chi connectivity index (χ3v) is 3.82. The highest BCUT2D eigenvalue weighted by Crippen LogP contribution is 2.23. The van der Waals surface area contributed by atoms with E-state index in [0.717, 1.165) is 31.2 Å². The first-order valence-electron chi connectivity index (χ1n) is 6.98. The molecule has 2 amide bonds. The monoisotopic (exact) mass is 275 g/mol. The van der Waals surface area contributed by atoms with Crippen LogP contribution >= 0.6 is 0 Å². The maximum absolute atomic E-state index is 12.1. The van der Waals surface area contributed by atoms with E-state index in [0.29, 0.717) is 12.1 Å². The van der Waals surface area contributed by atoms with Gasteiger partial charge >= 0.3 is 0 Å². The number of primary amides is 1. The molecule has 0 radical (unpaired) electrons. The Balaban J connectivity index is 1.87. The Morgan fingerprint density at radius 3 is 2.55 bits per heavy atom. The van der Waals surface area contributed by atoms with Gasteiger partial charge in [0.2, 0.25) is 11.8 Å². The van der Waals surface area contributed by atoms with Crippen molar-refractivity contribution in [2.24, 2.45) is 17.4 Å². The third kappa shape index (κ3) is 3.81. The molecule has 0 bridgehead atoms. The van der Waals surface area contributed by atoms with Crippen molar-refractivity contribution in [3.05, 3.63) is 35.4 Å². The van der Waals surface area contributed by atoms with Crippen molar-refractivity contribution in [2.45, 2.75) is 38.3 Å². The van der Waals surface area contributed by atoms with Crippen LogP contribution in [0.3, 0.4) is 0 Å². The molecule has 0 saturated heterocycles. The number of carbonyl (C=O) groups excluding carboxylic acids is 2. The van der Waals surface area contributed by atoms with Gasteiger partial charge in [0.25, 0.3) is 0 Å². The summed E-state index contributed by atoms with van der Waals surface area (Å²) >= 11 is 0. The van der Waals surface area contributed by atoms with E-state index in [2.05, 4.69) is 5.32 Å². The fraction of sp³-hybridized carbons (Fsp3) is 0.467. The molecule has 1 aromatic carbocycles. The lowest BCUT2D eigenvalue weighted by molar-refractivity contribution is -0.126. The predicted molar refractivity (Wildman–Crippen MR) is 76.7 cm³/mol. The summed E-state index contributed by atoms with van der Waals surface area (Å²) in [5.41, 5.74) is 12.4. The van der Waals surface area contributed by atoms with Gasteiger partial charge in [-0.2, -0.15) is 0 Å². The van der Waals surface area contributed by atoms with Crippen LogP contribution in [0.4, 0.5) is 0 Å². The molecule has 0 spiro atoms. The average molecular weight is 275 g/mol. The molecule has 0 unspecified atom stereocenters. The second-order valence-corrected chi connectivity index (χ2v) is 5.39. The van der Waals surface area contributed by atoms with E-state index in [1.807, 2.05) is 6.07 Å². The molecule has 0 aromatic heterocycles. The fourth-order valence-electron chi connectivity index (χ4n) is 2.55. The second kappa shape index (κ2) is 6.52. The zero-order valence-corrected chi connectivity index (χ0v) is 11.5. The average Bonchev–Trinajstić information content (AvgIpc) is 2.46. The van der Waals surface area contributed by atoms with Crippen LogP contribution in [0.5, 0.6) is 0 Å². The molecule has 2 rings (SSSR count). The SMILES string of the molecule is NC(=O)c1cccc(CNC(=O)C2CCC(N)CC2)c1. The predicted octanol–water partition coefficient (Wildman–Crippen LogP) is 0.919. The molecular formula is C15H21N3O2. The molecule has 1 fully saturated rings. The standard InChI is InChI=1S/C15H21N3O2/c16-13-6-4-11(5-7-13)15(20)18-9-10-2-1-3-12(8-10)14(17)19/h1-3,8,11,13H,4-7,9,16H2,(H2,17,19)(H,18,20). The summed E-state index contributed by atoms with van der Waals surface area (Å²) in [6.45, 7) is 0.419. The summed E-state index contributed by atoms with van der Waals surface area (Å²) in [7, 11) is 0. The second-order valence-electron chi connectivity index (χ2n) is 5.39. The molecule has 0 heterocycles. The minimum absolute atomic E-state index is 0.0640. The summed E-state index contributed by atoms with van der Waals surface area (Å²) in [6.07, 6.45) is 3.53. The minimum atomic E-state index is -0.459. The number of nitrogens with two attached hydrogens (primary N) is 2. The van der Waals surface area contributed by atoms with Crippen molar-refractivity contribution in [1.82, 2.24) is 5.32 Å². The first-order chi connectivity index (χ1) is 9.56. The largest absolute Gasteiger partial charge is 0.366 e. The first kappa shape index (κ1) is 14.5. The van der Waals surface area contributed by atoms with Crippen LogP contribution in [0, 0.1) is 5.92 Å². The number of hydrogen-bond acceptors (Lipinski definition) is 3. The van der Waals surface area contributed by atoms with Gasteiger partial charge in [-0.1, -0.05) is 12.1 Å². The summed E-state index contributed by atoms with van der Waals surface area (Å²) in [4.78, 5) is 23.1. The van der Waals surface area contributed by atoms with Crippen molar-refractivity contribution < 1.29 is 9.59 Å². The van der Waals surface area contributed by atoms with Crippen LogP contribution in [-0.4, -0.2) is 17.9 Å². The van der Waals surface area contributed by atoms with Crippen LogP contribution in [0.1, 0.15) is 41.6 Å². The summed E-state index contributed by atoms with van der Waals surface area (Å²) in [5, 5.41) is 2.92. The number of rotatable bonds is 4. The molecule has 0 atom stereocenters. The molecule has 1 aliphatic carbocycles. The number of benzene rings is 1. The van der Waals surface area contributed by atoms with E-state index in [-0.39, 0.29) is 17.9 Å². The summed E-state index contributed by atoms with van der Waals surface area (Å²) < 4.78 is 0. The molecule has 1 saturated carbocycles. The number of hydrogen-bond donors (Lipinski definition) is 3. The van der Waals surface area contributed by atoms with Gasteiger partial charge in [-0.05, 0) is 43.4 Å². The highest BCUT2D eigenvalue weighted by Gasteiger charge is 2.24. The lowest BCUT2D eigenvalue weighted by atomic mass is 9.86. The molecule has 108 valence electrons. The minimum Gasteiger partial charge on any atom is -0.366 e. The normalized spacial score (nSPS) is 22.2. The Hall–Kier alpha value is -1.88. The Labute approximate surface area is 118 Å². The Morgan fingerprint density at radius 2 is 1.90 bits per heavy atom. The highest BCUT2D eigenvalue weighted by atomic mass is 16.2. The maximum atomic E-state index is 12.1. The van der Waals surface area contributed by atoms with Crippen LogP contribution in [0.2, 0.25) is 0 Å². The summed E-state index contributed by atoms with van der Waals surface area (Å²) in [6, 6.07) is 7.24. The Morgan fingerprint density at radius 1 is 1.20 bits per heavy atom. The van der Waals surface area contributed by atoms with Gasteiger partial charge < -0.3 is 16.8 Å². The molecule has 0 aliphatic heterocycles. The number of carbonyl (C=O) groups is 2. The molecule has 5 heteroatoms. The topological polar surface area (TPSA) is 98.2 Å². The molecule has 5 nitrogen and oxygen atoms in total. The first-order valence-corrected chi connectivity index (χ1v) is 6.98. The van der Waals surface area contributed by atoms with Crippen LogP contribution in [-0.2, 0) is 11.3 Å². The molecule has 5 N–H and O–H groups in total. The number of nitrogens with one attached hydrogen (secondary N) is 1. The smallest absolute Gasteiger partial charge is 0.248 e. The fourth-order valence-corrected chi connectivity index (χ4v) is 2.55. The molecule has 20 heavy (non-hydrogen) atoms. The van der Waals surface area contributed by atoms with E-state index in [9.17, 15) is 9.59 Å². The van der Waals surface area contributed by atoms with E-state index in [4.69, 9.17) is 11.5 Å². The van der Waals surface area contributed by atoms with Crippen LogP contribution in [0.15, 0.2) is 24.3 Å². The van der Waals surface area contributed by atoms with E-state index < -0.39 is 5.91 Å². The number of amides is 2. The Kier molecular flexibility index (Phi) is 4.74. The summed E-state index contributed by atoms with van der Waals surface area (Å²) in [5.74, 6) is -0.324. The van der Waals surface area contributed by atoms with Crippen molar-refractivity contribution in [3.63, 3.8) is 0 Å². The molecule has 1 aromatic rings. The van der Waals surface area contributed by atoms with Crippen molar-refractivity contribution >= 4 is 11.8 Å². The van der Waals surface area contributed by atoms with Gasteiger partial charge in [0, 0.05) is 24.1 Å². The van der Waals surface area contributed by atoms with Gasteiger partial charge in [0.05, 0.1) is 0 Å². The molecule has 1 aliphatic rings. The van der Waals surface area contributed by atoms with E-state index in [1.54, 1.807) is 18.2 Å². The third-order valence-electron chi connectivity index (χ3n) is 3.82. The highest BCUT2D eigenvalue weighted by molar-refractivity contribution is 5.92. The quantitative estimate of drug-likeness (QED) is 0.762. The van der Waals surface area contributed by atoms with Crippen molar-refractivity contribution in [3.8, 4) is 0 Å². The van der Waals surface area contributed by atoms with Gasteiger partial charge in [0.1, 0.15) is 0 Å². The van der Waals surface area contributed by atoms with E-state index >= 15 is 0 Å². The zero-order valence-electron chi connectivity index (χ0n) is 11.5. The van der Waals surface area contributed by atoms with Crippen molar-refractivity contribution in [2.75, 3.05) is 0 Å². The zero-order chi connectivity index (χ0) is 14.5. The van der Waals surface area contributed by atoms with E-state index in [1.165, 1.54) is 0 Å². The van der Waals surface area contributed by atoms with Crippen molar-refractivity contribution in [1.29, 1.82) is 0 Å². The lowest BCUT2D eigenvalue weighted by Crippen LogP contribution is -2.35.